The highest BCUT2D eigenvalue weighted by Crippen LogP contribution is 2.36. The van der Waals surface area contributed by atoms with Crippen LogP contribution in [0.3, 0.4) is 0 Å². The fourth-order valence-electron chi connectivity index (χ4n) is 5.34. The number of aliphatic carboxylic acids is 1. The Morgan fingerprint density at radius 3 is 2.41 bits per heavy atom. The highest BCUT2D eigenvalue weighted by Gasteiger charge is 2.42. The van der Waals surface area contributed by atoms with Gasteiger partial charge in [-0.05, 0) is 35.4 Å². The van der Waals surface area contributed by atoms with Crippen LogP contribution < -0.4 is 25.5 Å². The van der Waals surface area contributed by atoms with Crippen LogP contribution in [0.5, 0.6) is 5.75 Å². The summed E-state index contributed by atoms with van der Waals surface area (Å²) in [6.45, 7) is 1.88. The fraction of sp³-hybridized carbons (Fsp3) is 0.310. The smallest absolute Gasteiger partial charge is 0.417 e. The van der Waals surface area contributed by atoms with Crippen molar-refractivity contribution >= 4 is 17.4 Å². The van der Waals surface area contributed by atoms with Gasteiger partial charge in [0.15, 0.2) is 0 Å². The molecule has 0 spiro atoms. The van der Waals surface area contributed by atoms with Gasteiger partial charge in [-0.15, -0.1) is 0 Å². The van der Waals surface area contributed by atoms with Gasteiger partial charge in [0.1, 0.15) is 16.9 Å². The zero-order valence-corrected chi connectivity index (χ0v) is 22.3. The van der Waals surface area contributed by atoms with Crippen LogP contribution in [0.2, 0.25) is 0 Å². The van der Waals surface area contributed by atoms with E-state index >= 15 is 4.39 Å². The van der Waals surface area contributed by atoms with Crippen molar-refractivity contribution in [3.8, 4) is 16.9 Å². The average molecular weight is 573 g/mol. The number of benzene rings is 3. The fourth-order valence-corrected chi connectivity index (χ4v) is 5.34. The molecule has 0 saturated carbocycles. The molecule has 0 aromatic heterocycles. The van der Waals surface area contributed by atoms with Crippen molar-refractivity contribution in [2.45, 2.75) is 18.6 Å². The molecule has 1 fully saturated rings. The van der Waals surface area contributed by atoms with Gasteiger partial charge in [-0.1, -0.05) is 30.3 Å². The first-order valence-corrected chi connectivity index (χ1v) is 12.8. The number of fused-ring (bicyclic) bond motifs is 1. The standard InChI is InChI=1S/C29H28F4N4O4/c1-40-19-7-5-6-18(16-19)36-12-14-37(15-13-36)29(41-2)34-24(17-25(38)39)26-21(10-11-23(30)27(26)35-29)20-8-3-4-9-22(20)28(31,32)33/h3-11,16,34H,12-15,17H2,1-2H3,(H,38,39). The maximum absolute atomic E-state index is 15.4. The maximum atomic E-state index is 15.4. The Balaban J connectivity index is 1.60. The first-order chi connectivity index (χ1) is 19.6. The van der Waals surface area contributed by atoms with Gasteiger partial charge in [0.25, 0.3) is 0 Å². The molecule has 2 heterocycles. The van der Waals surface area contributed by atoms with E-state index in [1.54, 1.807) is 7.11 Å². The number of nitrogens with one attached hydrogen (secondary N) is 1. The van der Waals surface area contributed by atoms with Gasteiger partial charge in [0.2, 0.25) is 0 Å². The van der Waals surface area contributed by atoms with E-state index in [0.717, 1.165) is 17.8 Å². The molecule has 5 rings (SSSR count). The SMILES string of the molecule is COc1cccc(N2CCN(C3(OC)N=c4c(F)ccc(-c5ccccc5C(F)(F)F)c4=C(CC(=O)O)N3)CC2)c1. The van der Waals surface area contributed by atoms with Gasteiger partial charge < -0.3 is 24.8 Å². The quantitative estimate of drug-likeness (QED) is 0.420. The Hall–Kier alpha value is -4.16. The summed E-state index contributed by atoms with van der Waals surface area (Å²) in [5, 5.41) is 12.4. The lowest BCUT2D eigenvalue weighted by Crippen LogP contribution is -2.67. The summed E-state index contributed by atoms with van der Waals surface area (Å²) in [6, 6.07) is 14.7. The second-order valence-electron chi connectivity index (χ2n) is 9.64. The molecule has 0 amide bonds. The molecule has 3 aromatic rings. The summed E-state index contributed by atoms with van der Waals surface area (Å²) >= 11 is 0. The number of ether oxygens (including phenoxy) is 2. The van der Waals surface area contributed by atoms with E-state index in [1.807, 2.05) is 29.2 Å². The Labute approximate surface area is 233 Å². The lowest BCUT2D eigenvalue weighted by molar-refractivity contribution is -0.151. The summed E-state index contributed by atoms with van der Waals surface area (Å²) in [4.78, 5) is 20.4. The molecule has 12 heteroatoms. The number of rotatable bonds is 7. The Kier molecular flexibility index (Phi) is 7.62. The Morgan fingerprint density at radius 1 is 1.02 bits per heavy atom. The molecule has 2 N–H and O–H groups in total. The maximum Gasteiger partial charge on any atom is 0.417 e. The summed E-state index contributed by atoms with van der Waals surface area (Å²) in [7, 11) is 2.94. The normalized spacial score (nSPS) is 19.3. The summed E-state index contributed by atoms with van der Waals surface area (Å²) in [5.74, 6) is -3.03. The molecule has 8 nitrogen and oxygen atoms in total. The van der Waals surface area contributed by atoms with E-state index in [2.05, 4.69) is 15.2 Å². The third-order valence-corrected chi connectivity index (χ3v) is 7.27. The van der Waals surface area contributed by atoms with E-state index in [9.17, 15) is 23.1 Å². The molecule has 1 unspecified atom stereocenters. The molecular formula is C29H28F4N4O4. The summed E-state index contributed by atoms with van der Waals surface area (Å²) in [6.07, 6.45) is -5.31. The number of carbonyl (C=O) groups is 1. The number of methoxy groups -OCH3 is 2. The van der Waals surface area contributed by atoms with Crippen LogP contribution in [-0.2, 0) is 15.7 Å². The van der Waals surface area contributed by atoms with Crippen LogP contribution in [0.25, 0.3) is 16.8 Å². The predicted octanol–water partition coefficient (Wildman–Crippen LogP) is 3.41. The minimum absolute atomic E-state index is 0.00828. The topological polar surface area (TPSA) is 86.6 Å². The van der Waals surface area contributed by atoms with Crippen LogP contribution >= 0.6 is 0 Å². The largest absolute Gasteiger partial charge is 0.497 e. The number of anilines is 1. The first kappa shape index (κ1) is 28.4. The lowest BCUT2D eigenvalue weighted by atomic mass is 9.95. The van der Waals surface area contributed by atoms with Gasteiger partial charge in [0, 0.05) is 56.0 Å². The molecule has 2 aliphatic heterocycles. The van der Waals surface area contributed by atoms with Crippen LogP contribution in [-0.4, -0.2) is 62.3 Å². The highest BCUT2D eigenvalue weighted by atomic mass is 19.4. The summed E-state index contributed by atoms with van der Waals surface area (Å²) < 4.78 is 68.3. The molecule has 1 atom stereocenters. The van der Waals surface area contributed by atoms with Crippen molar-refractivity contribution < 1.29 is 36.9 Å². The minimum atomic E-state index is -4.69. The lowest BCUT2D eigenvalue weighted by Gasteiger charge is -2.46. The molecule has 0 radical (unpaired) electrons. The monoisotopic (exact) mass is 572 g/mol. The summed E-state index contributed by atoms with van der Waals surface area (Å²) in [5.41, 5.74) is -0.194. The van der Waals surface area contributed by atoms with Crippen LogP contribution in [0, 0.1) is 5.82 Å². The van der Waals surface area contributed by atoms with Gasteiger partial charge >= 0.3 is 18.1 Å². The van der Waals surface area contributed by atoms with Gasteiger partial charge in [-0.2, -0.15) is 13.2 Å². The molecule has 0 bridgehead atoms. The number of alkyl halides is 3. The van der Waals surface area contributed by atoms with Crippen molar-refractivity contribution in [3.05, 3.63) is 82.6 Å². The Bertz CT molecular complexity index is 1590. The minimum Gasteiger partial charge on any atom is -0.497 e. The van der Waals surface area contributed by atoms with Crippen molar-refractivity contribution in [1.29, 1.82) is 0 Å². The predicted molar refractivity (Wildman–Crippen MR) is 143 cm³/mol. The molecule has 216 valence electrons. The van der Waals surface area contributed by atoms with Crippen molar-refractivity contribution in [2.75, 3.05) is 45.3 Å². The number of nitrogens with zero attached hydrogens (tertiary/aromatic N) is 3. The van der Waals surface area contributed by atoms with Crippen LogP contribution in [0.15, 0.2) is 65.7 Å². The number of hydrogen-bond donors (Lipinski definition) is 2. The third kappa shape index (κ3) is 5.44. The van der Waals surface area contributed by atoms with Crippen molar-refractivity contribution in [1.82, 2.24) is 10.2 Å². The van der Waals surface area contributed by atoms with Gasteiger partial charge in [0.05, 0.1) is 19.1 Å². The van der Waals surface area contributed by atoms with E-state index in [-0.39, 0.29) is 27.4 Å². The highest BCUT2D eigenvalue weighted by molar-refractivity contribution is 5.80. The van der Waals surface area contributed by atoms with E-state index in [1.165, 1.54) is 31.4 Å². The van der Waals surface area contributed by atoms with E-state index in [0.29, 0.717) is 31.9 Å². The van der Waals surface area contributed by atoms with Gasteiger partial charge in [-0.25, -0.2) is 14.3 Å². The number of hydrogen-bond acceptors (Lipinski definition) is 7. The first-order valence-electron chi connectivity index (χ1n) is 12.8. The Morgan fingerprint density at radius 2 is 1.76 bits per heavy atom. The van der Waals surface area contributed by atoms with E-state index < -0.39 is 35.9 Å². The van der Waals surface area contributed by atoms with Crippen LogP contribution in [0.4, 0.5) is 23.2 Å². The zero-order chi connectivity index (χ0) is 29.4. The number of carboxylic acid groups (broad SMARTS) is 1. The third-order valence-electron chi connectivity index (χ3n) is 7.27. The van der Waals surface area contributed by atoms with E-state index in [4.69, 9.17) is 9.47 Å². The number of carboxylic acids is 1. The number of halogens is 4. The second kappa shape index (κ2) is 11.0. The molecule has 2 aliphatic rings. The average Bonchev–Trinajstić information content (AvgIpc) is 2.97. The number of piperazine rings is 1. The molecule has 41 heavy (non-hydrogen) atoms. The molecule has 1 saturated heterocycles. The van der Waals surface area contributed by atoms with Crippen LogP contribution in [0.1, 0.15) is 12.0 Å². The van der Waals surface area contributed by atoms with Crippen molar-refractivity contribution in [3.63, 3.8) is 0 Å². The molecule has 3 aromatic carbocycles. The second-order valence-corrected chi connectivity index (χ2v) is 9.64. The van der Waals surface area contributed by atoms with Crippen molar-refractivity contribution in [2.24, 2.45) is 4.99 Å². The van der Waals surface area contributed by atoms with Gasteiger partial charge in [-0.3, -0.25) is 4.79 Å². The molecular weight excluding hydrogens is 544 g/mol. The zero-order valence-electron chi connectivity index (χ0n) is 22.3. The molecule has 0 aliphatic carbocycles.